The zero-order chi connectivity index (χ0) is 35.5. The summed E-state index contributed by atoms with van der Waals surface area (Å²) >= 11 is 1.87. The molecule has 1 nitrogen and oxygen atoms in total. The lowest BCUT2D eigenvalue weighted by atomic mass is 9.82. The first kappa shape index (κ1) is 31.5. The second kappa shape index (κ2) is 12.5. The standard InChI is InChI=1S/C51H37NS/c1-51(2)46-23-9-6-21-42(46)45-32-37(27-29-47(45)51)36-17-13-19-40(31-36)52(39-18-12-16-35(30-39)34-14-4-3-5-15-34)48-24-10-7-20-41(48)38-26-28-44-43-22-8-11-25-49(43)53-50(44)33-38/h3-33H,1-2H3. The molecule has 0 unspecified atom stereocenters. The third kappa shape index (κ3) is 5.29. The smallest absolute Gasteiger partial charge is 0.0540 e. The number of anilines is 3. The summed E-state index contributed by atoms with van der Waals surface area (Å²) in [7, 11) is 0. The van der Waals surface area contributed by atoms with Gasteiger partial charge in [0.05, 0.1) is 5.69 Å². The number of fused-ring (bicyclic) bond motifs is 6. The summed E-state index contributed by atoms with van der Waals surface area (Å²) in [5.41, 5.74) is 16.0. The number of nitrogens with zero attached hydrogens (tertiary/aromatic N) is 1. The van der Waals surface area contributed by atoms with Crippen molar-refractivity contribution in [3.05, 3.63) is 199 Å². The fourth-order valence-corrected chi connectivity index (χ4v) is 9.56. The lowest BCUT2D eigenvalue weighted by Gasteiger charge is -2.29. The van der Waals surface area contributed by atoms with Crippen LogP contribution in [0.25, 0.3) is 64.7 Å². The fraction of sp³-hybridized carbons (Fsp3) is 0.0588. The maximum atomic E-state index is 2.44. The van der Waals surface area contributed by atoms with Crippen LogP contribution in [-0.4, -0.2) is 0 Å². The molecule has 0 fully saturated rings. The van der Waals surface area contributed by atoms with Gasteiger partial charge < -0.3 is 4.90 Å². The Morgan fingerprint density at radius 2 is 0.962 bits per heavy atom. The SMILES string of the molecule is CC1(C)c2ccccc2-c2cc(-c3cccc(N(c4cccc(-c5ccccc5)c4)c4ccccc4-c4ccc5c(c4)sc4ccccc45)c3)ccc21. The van der Waals surface area contributed by atoms with Crippen LogP contribution in [0.15, 0.2) is 188 Å². The number of benzene rings is 8. The van der Waals surface area contributed by atoms with Gasteiger partial charge >= 0.3 is 0 Å². The molecule has 2 heteroatoms. The minimum absolute atomic E-state index is 0.0184. The minimum Gasteiger partial charge on any atom is -0.310 e. The number of hydrogen-bond acceptors (Lipinski definition) is 2. The lowest BCUT2D eigenvalue weighted by molar-refractivity contribution is 0.660. The molecule has 1 aliphatic rings. The molecule has 10 rings (SSSR count). The fourth-order valence-electron chi connectivity index (χ4n) is 8.41. The summed E-state index contributed by atoms with van der Waals surface area (Å²) in [6, 6.07) is 69.1. The van der Waals surface area contributed by atoms with Crippen LogP contribution in [0.1, 0.15) is 25.0 Å². The Labute approximate surface area is 315 Å². The van der Waals surface area contributed by atoms with Crippen LogP contribution >= 0.6 is 11.3 Å². The molecule has 1 aromatic heterocycles. The summed E-state index contributed by atoms with van der Waals surface area (Å²) in [4.78, 5) is 2.44. The first-order chi connectivity index (χ1) is 26.0. The van der Waals surface area contributed by atoms with Crippen molar-refractivity contribution in [3.63, 3.8) is 0 Å². The maximum absolute atomic E-state index is 2.44. The largest absolute Gasteiger partial charge is 0.310 e. The average molecular weight is 696 g/mol. The van der Waals surface area contributed by atoms with Crippen LogP contribution in [0.3, 0.4) is 0 Å². The van der Waals surface area contributed by atoms with E-state index in [0.29, 0.717) is 0 Å². The van der Waals surface area contributed by atoms with Crippen LogP contribution < -0.4 is 4.90 Å². The molecule has 252 valence electrons. The summed E-state index contributed by atoms with van der Waals surface area (Å²) in [6.07, 6.45) is 0. The van der Waals surface area contributed by atoms with Crippen molar-refractivity contribution in [1.82, 2.24) is 0 Å². The zero-order valence-corrected chi connectivity index (χ0v) is 30.6. The van der Waals surface area contributed by atoms with Crippen molar-refractivity contribution in [2.45, 2.75) is 19.3 Å². The third-order valence-electron chi connectivity index (χ3n) is 11.1. The highest BCUT2D eigenvalue weighted by Crippen LogP contribution is 2.50. The number of rotatable bonds is 6. The highest BCUT2D eigenvalue weighted by atomic mass is 32.1. The second-order valence-electron chi connectivity index (χ2n) is 14.6. The van der Waals surface area contributed by atoms with Crippen molar-refractivity contribution in [3.8, 4) is 44.5 Å². The first-order valence-electron chi connectivity index (χ1n) is 18.3. The average Bonchev–Trinajstić information content (AvgIpc) is 3.70. The highest BCUT2D eigenvalue weighted by molar-refractivity contribution is 7.25. The highest BCUT2D eigenvalue weighted by Gasteiger charge is 2.35. The van der Waals surface area contributed by atoms with Crippen LogP contribution in [0.5, 0.6) is 0 Å². The van der Waals surface area contributed by atoms with Crippen molar-refractivity contribution < 1.29 is 0 Å². The monoisotopic (exact) mass is 695 g/mol. The summed E-state index contributed by atoms with van der Waals surface area (Å²) in [5, 5.41) is 2.63. The summed E-state index contributed by atoms with van der Waals surface area (Å²) in [6.45, 7) is 4.69. The molecule has 0 amide bonds. The predicted octanol–water partition coefficient (Wildman–Crippen LogP) is 14.8. The molecule has 8 aromatic carbocycles. The van der Waals surface area contributed by atoms with Crippen molar-refractivity contribution in [1.29, 1.82) is 0 Å². The molecule has 0 N–H and O–H groups in total. The second-order valence-corrected chi connectivity index (χ2v) is 15.6. The lowest BCUT2D eigenvalue weighted by Crippen LogP contribution is -2.14. The predicted molar refractivity (Wildman–Crippen MR) is 228 cm³/mol. The van der Waals surface area contributed by atoms with Gasteiger partial charge in [-0.15, -0.1) is 11.3 Å². The third-order valence-corrected chi connectivity index (χ3v) is 12.2. The Hall–Kier alpha value is -6.22. The molecular formula is C51H37NS. The summed E-state index contributed by atoms with van der Waals surface area (Å²) in [5.74, 6) is 0. The quantitative estimate of drug-likeness (QED) is 0.167. The molecule has 53 heavy (non-hydrogen) atoms. The van der Waals surface area contributed by atoms with E-state index in [1.165, 1.54) is 75.8 Å². The van der Waals surface area contributed by atoms with Gasteiger partial charge in [-0.2, -0.15) is 0 Å². The Morgan fingerprint density at radius 1 is 0.377 bits per heavy atom. The van der Waals surface area contributed by atoms with E-state index in [9.17, 15) is 0 Å². The van der Waals surface area contributed by atoms with Gasteiger partial charge in [-0.05, 0) is 98.6 Å². The van der Waals surface area contributed by atoms with Gasteiger partial charge in [-0.25, -0.2) is 0 Å². The van der Waals surface area contributed by atoms with E-state index in [2.05, 4.69) is 207 Å². The van der Waals surface area contributed by atoms with Crippen LogP contribution in [0.4, 0.5) is 17.1 Å². The zero-order valence-electron chi connectivity index (χ0n) is 29.8. The van der Waals surface area contributed by atoms with Gasteiger partial charge in [0.1, 0.15) is 0 Å². The van der Waals surface area contributed by atoms with Crippen molar-refractivity contribution >= 4 is 48.6 Å². The van der Waals surface area contributed by atoms with E-state index >= 15 is 0 Å². The van der Waals surface area contributed by atoms with E-state index in [0.717, 1.165) is 17.1 Å². The molecule has 0 aliphatic heterocycles. The van der Waals surface area contributed by atoms with E-state index in [1.807, 2.05) is 11.3 Å². The molecule has 0 spiro atoms. The van der Waals surface area contributed by atoms with Crippen LogP contribution in [0.2, 0.25) is 0 Å². The topological polar surface area (TPSA) is 3.24 Å². The van der Waals surface area contributed by atoms with Crippen molar-refractivity contribution in [2.24, 2.45) is 0 Å². The van der Waals surface area contributed by atoms with Crippen LogP contribution in [-0.2, 0) is 5.41 Å². The Balaban J connectivity index is 1.14. The molecule has 0 bridgehead atoms. The molecule has 0 saturated carbocycles. The van der Waals surface area contributed by atoms with E-state index in [-0.39, 0.29) is 5.41 Å². The number of thiophene rings is 1. The molecule has 0 saturated heterocycles. The van der Waals surface area contributed by atoms with Gasteiger partial charge in [-0.3, -0.25) is 0 Å². The molecule has 9 aromatic rings. The summed E-state index contributed by atoms with van der Waals surface area (Å²) < 4.78 is 2.63. The van der Waals surface area contributed by atoms with Gasteiger partial charge in [0.25, 0.3) is 0 Å². The maximum Gasteiger partial charge on any atom is 0.0540 e. The van der Waals surface area contributed by atoms with E-state index in [1.54, 1.807) is 0 Å². The number of para-hydroxylation sites is 1. The van der Waals surface area contributed by atoms with E-state index < -0.39 is 0 Å². The van der Waals surface area contributed by atoms with Gasteiger partial charge in [0.2, 0.25) is 0 Å². The molecule has 0 atom stereocenters. The Kier molecular flexibility index (Phi) is 7.42. The molecule has 0 radical (unpaired) electrons. The van der Waals surface area contributed by atoms with Gasteiger partial charge in [-0.1, -0.05) is 153 Å². The molecule has 1 aliphatic carbocycles. The molecule has 1 heterocycles. The van der Waals surface area contributed by atoms with E-state index in [4.69, 9.17) is 0 Å². The van der Waals surface area contributed by atoms with Crippen molar-refractivity contribution in [2.75, 3.05) is 4.90 Å². The number of hydrogen-bond donors (Lipinski definition) is 0. The Morgan fingerprint density at radius 3 is 1.77 bits per heavy atom. The van der Waals surface area contributed by atoms with Gasteiger partial charge in [0.15, 0.2) is 0 Å². The van der Waals surface area contributed by atoms with Gasteiger partial charge in [0, 0.05) is 42.5 Å². The molecular weight excluding hydrogens is 659 g/mol. The first-order valence-corrected chi connectivity index (χ1v) is 19.2. The van der Waals surface area contributed by atoms with Crippen LogP contribution in [0, 0.1) is 0 Å². The Bertz CT molecular complexity index is 2820. The minimum atomic E-state index is -0.0184. The normalized spacial score (nSPS) is 12.9.